The van der Waals surface area contributed by atoms with Crippen molar-refractivity contribution in [2.24, 2.45) is 0 Å². The lowest BCUT2D eigenvalue weighted by Crippen LogP contribution is -1.98. The summed E-state index contributed by atoms with van der Waals surface area (Å²) in [6.07, 6.45) is 3.13. The molecule has 0 saturated heterocycles. The molecule has 0 unspecified atom stereocenters. The van der Waals surface area contributed by atoms with Gasteiger partial charge in [-0.05, 0) is 37.3 Å². The Morgan fingerprint density at radius 1 is 1.08 bits per heavy atom. The average Bonchev–Trinajstić information content (AvgIpc) is 3.06. The number of pyridine rings is 2. The largest absolute Gasteiger partial charge is 0.360 e. The van der Waals surface area contributed by atoms with Crippen molar-refractivity contribution in [2.75, 3.05) is 0 Å². The molecular weight excluding hydrogens is 319 g/mol. The number of hydrogen-bond acceptors (Lipinski definition) is 4. The van der Waals surface area contributed by atoms with E-state index in [0.717, 1.165) is 5.56 Å². The Morgan fingerprint density at radius 2 is 1.92 bits per heavy atom. The summed E-state index contributed by atoms with van der Waals surface area (Å²) in [5.41, 5.74) is 3.43. The van der Waals surface area contributed by atoms with E-state index < -0.39 is 0 Å². The number of rotatable bonds is 2. The molecule has 0 spiro atoms. The summed E-state index contributed by atoms with van der Waals surface area (Å²) in [7, 11) is 0. The Labute approximate surface area is 142 Å². The molecule has 0 aliphatic carbocycles. The molecule has 4 rings (SSSR count). The van der Waals surface area contributed by atoms with Gasteiger partial charge in [0.1, 0.15) is 11.5 Å². The van der Waals surface area contributed by atoms with Crippen molar-refractivity contribution in [3.63, 3.8) is 0 Å². The van der Waals surface area contributed by atoms with E-state index >= 15 is 0 Å². The van der Waals surface area contributed by atoms with Crippen LogP contribution in [0.5, 0.6) is 0 Å². The van der Waals surface area contributed by atoms with E-state index in [0.29, 0.717) is 34.2 Å². The maximum Gasteiger partial charge on any atom is 0.275 e. The molecule has 4 aromatic rings. The van der Waals surface area contributed by atoms with Gasteiger partial charge in [-0.25, -0.2) is 14.4 Å². The molecule has 0 aromatic carbocycles. The SMILES string of the molecule is [C-]#[N+]c1cnc2ccc(-c3cccnc3-c3ccc(F)c(C)n3)nn12. The van der Waals surface area contributed by atoms with E-state index in [1.54, 1.807) is 31.3 Å². The number of halogens is 1. The first-order valence-electron chi connectivity index (χ1n) is 7.48. The van der Waals surface area contributed by atoms with E-state index in [-0.39, 0.29) is 5.82 Å². The molecule has 0 aliphatic rings. The lowest BCUT2D eigenvalue weighted by molar-refractivity contribution is 0.610. The van der Waals surface area contributed by atoms with E-state index in [1.807, 2.05) is 12.1 Å². The Morgan fingerprint density at radius 3 is 2.72 bits per heavy atom. The first-order valence-corrected chi connectivity index (χ1v) is 7.48. The number of fused-ring (bicyclic) bond motifs is 1. The summed E-state index contributed by atoms with van der Waals surface area (Å²) in [5, 5.41) is 4.50. The van der Waals surface area contributed by atoms with Crippen molar-refractivity contribution in [3.05, 3.63) is 71.7 Å². The van der Waals surface area contributed by atoms with Gasteiger partial charge in [0, 0.05) is 17.8 Å². The van der Waals surface area contributed by atoms with Gasteiger partial charge < -0.3 is 4.85 Å². The lowest BCUT2D eigenvalue weighted by Gasteiger charge is -2.08. The fourth-order valence-electron chi connectivity index (χ4n) is 2.57. The molecule has 0 radical (unpaired) electrons. The summed E-state index contributed by atoms with van der Waals surface area (Å²) in [5.74, 6) is -0.0288. The Balaban J connectivity index is 1.92. The zero-order chi connectivity index (χ0) is 17.4. The van der Waals surface area contributed by atoms with E-state index in [1.165, 1.54) is 16.8 Å². The molecule has 0 bridgehead atoms. The summed E-state index contributed by atoms with van der Waals surface area (Å²) in [4.78, 5) is 16.2. The standard InChI is InChI=1S/C18H11FN6/c1-11-13(19)5-6-15(23-11)18-12(4-3-9-21-18)14-7-8-16-22-10-17(20-2)25(16)24-14/h3-10H,1H3. The highest BCUT2D eigenvalue weighted by Gasteiger charge is 2.15. The summed E-state index contributed by atoms with van der Waals surface area (Å²) in [6, 6.07) is 10.2. The fraction of sp³-hybridized carbons (Fsp3) is 0.0556. The molecule has 0 N–H and O–H groups in total. The highest BCUT2D eigenvalue weighted by molar-refractivity contribution is 5.77. The van der Waals surface area contributed by atoms with Gasteiger partial charge in [-0.15, -0.1) is 4.52 Å². The Hall–Kier alpha value is -3.66. The Bertz CT molecular complexity index is 1140. The summed E-state index contributed by atoms with van der Waals surface area (Å²) >= 11 is 0. The van der Waals surface area contributed by atoms with Crippen molar-refractivity contribution in [2.45, 2.75) is 6.92 Å². The molecule has 0 atom stereocenters. The van der Waals surface area contributed by atoms with E-state index in [2.05, 4.69) is 24.9 Å². The van der Waals surface area contributed by atoms with Crippen molar-refractivity contribution in [1.82, 2.24) is 24.6 Å². The molecule has 4 heterocycles. The monoisotopic (exact) mass is 330 g/mol. The van der Waals surface area contributed by atoms with Gasteiger partial charge in [0.25, 0.3) is 5.82 Å². The third-order valence-corrected chi connectivity index (χ3v) is 3.81. The number of aryl methyl sites for hydroxylation is 1. The second-order valence-corrected chi connectivity index (χ2v) is 5.38. The van der Waals surface area contributed by atoms with Crippen molar-refractivity contribution in [1.29, 1.82) is 0 Å². The highest BCUT2D eigenvalue weighted by Crippen LogP contribution is 2.29. The van der Waals surface area contributed by atoms with E-state index in [4.69, 9.17) is 6.57 Å². The van der Waals surface area contributed by atoms with Crippen LogP contribution in [0.4, 0.5) is 10.2 Å². The highest BCUT2D eigenvalue weighted by atomic mass is 19.1. The molecule has 0 amide bonds. The third kappa shape index (κ3) is 2.50. The molecule has 4 aromatic heterocycles. The summed E-state index contributed by atoms with van der Waals surface area (Å²) < 4.78 is 15.0. The maximum absolute atomic E-state index is 13.5. The number of nitrogens with zero attached hydrogens (tertiary/aromatic N) is 6. The van der Waals surface area contributed by atoms with Crippen LogP contribution in [-0.4, -0.2) is 24.6 Å². The maximum atomic E-state index is 13.5. The first kappa shape index (κ1) is 14.9. The predicted molar refractivity (Wildman–Crippen MR) is 90.4 cm³/mol. The van der Waals surface area contributed by atoms with Crippen molar-refractivity contribution >= 4 is 11.5 Å². The van der Waals surface area contributed by atoms with Crippen LogP contribution in [0.25, 0.3) is 33.1 Å². The minimum Gasteiger partial charge on any atom is -0.360 e. The zero-order valence-corrected chi connectivity index (χ0v) is 13.2. The van der Waals surface area contributed by atoms with Gasteiger partial charge in [0.2, 0.25) is 5.65 Å². The van der Waals surface area contributed by atoms with Gasteiger partial charge in [-0.2, -0.15) is 0 Å². The Kier molecular flexibility index (Phi) is 3.43. The number of aromatic nitrogens is 5. The van der Waals surface area contributed by atoms with Gasteiger partial charge in [-0.3, -0.25) is 4.98 Å². The minimum atomic E-state index is -0.360. The summed E-state index contributed by atoms with van der Waals surface area (Å²) in [6.45, 7) is 8.81. The van der Waals surface area contributed by atoms with Crippen LogP contribution in [-0.2, 0) is 0 Å². The molecule has 120 valence electrons. The zero-order valence-electron chi connectivity index (χ0n) is 13.2. The first-order chi connectivity index (χ1) is 12.2. The molecular formula is C18H11FN6. The van der Waals surface area contributed by atoms with Crippen LogP contribution in [0.2, 0.25) is 0 Å². The lowest BCUT2D eigenvalue weighted by atomic mass is 10.1. The molecule has 25 heavy (non-hydrogen) atoms. The van der Waals surface area contributed by atoms with Crippen LogP contribution in [0.1, 0.15) is 5.69 Å². The fourth-order valence-corrected chi connectivity index (χ4v) is 2.57. The number of hydrogen-bond donors (Lipinski definition) is 0. The van der Waals surface area contributed by atoms with Gasteiger partial charge in [-0.1, -0.05) is 11.7 Å². The molecule has 0 saturated carbocycles. The third-order valence-electron chi connectivity index (χ3n) is 3.81. The van der Waals surface area contributed by atoms with Crippen LogP contribution in [0.3, 0.4) is 0 Å². The molecule has 7 heteroatoms. The van der Waals surface area contributed by atoms with Crippen LogP contribution in [0.15, 0.2) is 48.8 Å². The van der Waals surface area contributed by atoms with Crippen molar-refractivity contribution in [3.8, 4) is 22.6 Å². The number of imidazole rings is 1. The molecule has 0 aliphatic heterocycles. The van der Waals surface area contributed by atoms with Crippen LogP contribution >= 0.6 is 0 Å². The van der Waals surface area contributed by atoms with Crippen LogP contribution < -0.4 is 0 Å². The van der Waals surface area contributed by atoms with Gasteiger partial charge >= 0.3 is 0 Å². The quantitative estimate of drug-likeness (QED) is 0.524. The second kappa shape index (κ2) is 5.76. The minimum absolute atomic E-state index is 0.308. The molecule has 6 nitrogen and oxygen atoms in total. The van der Waals surface area contributed by atoms with Gasteiger partial charge in [0.05, 0.1) is 23.3 Å². The van der Waals surface area contributed by atoms with E-state index in [9.17, 15) is 4.39 Å². The van der Waals surface area contributed by atoms with Crippen LogP contribution in [0, 0.1) is 19.3 Å². The smallest absolute Gasteiger partial charge is 0.275 e. The topological polar surface area (TPSA) is 60.3 Å². The second-order valence-electron chi connectivity index (χ2n) is 5.38. The normalized spacial score (nSPS) is 10.8. The predicted octanol–water partition coefficient (Wildman–Crippen LogP) is 3.85. The van der Waals surface area contributed by atoms with Gasteiger partial charge in [0.15, 0.2) is 0 Å². The van der Waals surface area contributed by atoms with Crippen molar-refractivity contribution < 1.29 is 4.39 Å². The average molecular weight is 330 g/mol. The molecule has 0 fully saturated rings.